The zero-order chi connectivity index (χ0) is 34.7. The lowest BCUT2D eigenvalue weighted by Crippen LogP contribution is -2.43. The van der Waals surface area contributed by atoms with Crippen LogP contribution in [0.4, 0.5) is 4.79 Å². The first-order valence-electron chi connectivity index (χ1n) is 16.1. The van der Waals surface area contributed by atoms with Crippen LogP contribution >= 0.6 is 0 Å². The Balaban J connectivity index is 1.40. The first-order chi connectivity index (χ1) is 23.0. The third-order valence-corrected chi connectivity index (χ3v) is 7.87. The maximum absolute atomic E-state index is 13.5. The van der Waals surface area contributed by atoms with Crippen LogP contribution in [-0.4, -0.2) is 48.7 Å². The van der Waals surface area contributed by atoms with E-state index in [4.69, 9.17) is 14.2 Å². The van der Waals surface area contributed by atoms with Gasteiger partial charge in [0.05, 0.1) is 18.9 Å². The van der Waals surface area contributed by atoms with E-state index in [2.05, 4.69) is 35.9 Å². The van der Waals surface area contributed by atoms with E-state index < -0.39 is 47.6 Å². The molecule has 252 valence electrons. The standard InChI is InChI=1S/C39H44N2O7/c1-6-15-27(23-35(42)48-39(3,4)5)36(43)40-24-34(26-17-9-8-10-18-26)47-37(44)33(16-7-2)41-38(45)46-25-32-30-21-13-11-19-28(30)29-20-12-14-22-31(29)32/h6-14,17-22,27,32-34H,1-2,15-16,23-25H2,3-5H3,(H,40,43)(H,41,45)/t27?,33-,34+/m0/s1. The molecule has 9 heteroatoms. The van der Waals surface area contributed by atoms with E-state index in [1.807, 2.05) is 42.5 Å². The van der Waals surface area contributed by atoms with Gasteiger partial charge in [0.2, 0.25) is 5.91 Å². The Bertz CT molecular complexity index is 1570. The molecule has 3 aromatic rings. The average molecular weight is 653 g/mol. The van der Waals surface area contributed by atoms with Gasteiger partial charge >= 0.3 is 18.0 Å². The summed E-state index contributed by atoms with van der Waals surface area (Å²) in [6, 6.07) is 23.9. The minimum atomic E-state index is -1.08. The monoisotopic (exact) mass is 652 g/mol. The first kappa shape index (κ1) is 35.7. The minimum Gasteiger partial charge on any atom is -0.460 e. The molecule has 1 aliphatic rings. The Kier molecular flexibility index (Phi) is 12.3. The highest BCUT2D eigenvalue weighted by Crippen LogP contribution is 2.44. The summed E-state index contributed by atoms with van der Waals surface area (Å²) in [7, 11) is 0. The second-order valence-corrected chi connectivity index (χ2v) is 12.6. The third kappa shape index (κ3) is 9.67. The van der Waals surface area contributed by atoms with Gasteiger partial charge in [-0.1, -0.05) is 91.0 Å². The van der Waals surface area contributed by atoms with Crippen LogP contribution in [0, 0.1) is 5.92 Å². The van der Waals surface area contributed by atoms with Gasteiger partial charge in [-0.25, -0.2) is 9.59 Å². The molecular weight excluding hydrogens is 608 g/mol. The van der Waals surface area contributed by atoms with Crippen LogP contribution in [0.1, 0.15) is 68.7 Å². The number of alkyl carbamates (subject to hydrolysis) is 1. The summed E-state index contributed by atoms with van der Waals surface area (Å²) in [6.45, 7) is 12.7. The number of rotatable bonds is 15. The van der Waals surface area contributed by atoms with Gasteiger partial charge in [0.15, 0.2) is 0 Å². The SMILES string of the molecule is C=CCC(CC(=O)OC(C)(C)C)C(=O)NC[C@@H](OC(=O)[C@H](CC=C)NC(=O)OCC1c2ccccc2-c2ccccc21)c1ccccc1. The largest absolute Gasteiger partial charge is 0.460 e. The van der Waals surface area contributed by atoms with Crippen molar-refractivity contribution in [3.8, 4) is 11.1 Å². The van der Waals surface area contributed by atoms with Crippen molar-refractivity contribution in [1.82, 2.24) is 10.6 Å². The van der Waals surface area contributed by atoms with Crippen molar-refractivity contribution in [2.75, 3.05) is 13.2 Å². The summed E-state index contributed by atoms with van der Waals surface area (Å²) in [5, 5.41) is 5.44. The van der Waals surface area contributed by atoms with Crippen LogP contribution in [0.15, 0.2) is 104 Å². The minimum absolute atomic E-state index is 0.0672. The summed E-state index contributed by atoms with van der Waals surface area (Å²) in [5.74, 6) is -2.48. The molecule has 0 aliphatic heterocycles. The Morgan fingerprint density at radius 2 is 1.42 bits per heavy atom. The number of carbonyl (C=O) groups is 4. The van der Waals surface area contributed by atoms with Crippen LogP contribution in [0.25, 0.3) is 11.1 Å². The molecule has 9 nitrogen and oxygen atoms in total. The predicted molar refractivity (Wildman–Crippen MR) is 184 cm³/mol. The molecule has 0 aromatic heterocycles. The maximum Gasteiger partial charge on any atom is 0.407 e. The van der Waals surface area contributed by atoms with E-state index in [1.54, 1.807) is 51.1 Å². The van der Waals surface area contributed by atoms with E-state index in [1.165, 1.54) is 6.08 Å². The van der Waals surface area contributed by atoms with Gasteiger partial charge in [0.1, 0.15) is 24.4 Å². The Labute approximate surface area is 282 Å². The molecule has 3 aromatic carbocycles. The molecule has 0 radical (unpaired) electrons. The highest BCUT2D eigenvalue weighted by Gasteiger charge is 2.31. The van der Waals surface area contributed by atoms with Crippen molar-refractivity contribution in [2.24, 2.45) is 5.92 Å². The van der Waals surface area contributed by atoms with Crippen LogP contribution < -0.4 is 10.6 Å². The van der Waals surface area contributed by atoms with Gasteiger partial charge in [-0.3, -0.25) is 9.59 Å². The molecule has 3 atom stereocenters. The van der Waals surface area contributed by atoms with Crippen LogP contribution in [-0.2, 0) is 28.6 Å². The fourth-order valence-corrected chi connectivity index (χ4v) is 5.69. The van der Waals surface area contributed by atoms with E-state index in [9.17, 15) is 19.2 Å². The number of benzene rings is 3. The van der Waals surface area contributed by atoms with Crippen LogP contribution in [0.3, 0.4) is 0 Å². The summed E-state index contributed by atoms with van der Waals surface area (Å²) in [5.41, 5.74) is 4.31. The lowest BCUT2D eigenvalue weighted by molar-refractivity contribution is -0.157. The molecule has 0 saturated carbocycles. The second kappa shape index (κ2) is 16.6. The molecule has 0 fully saturated rings. The number of ether oxygens (including phenoxy) is 3. The summed E-state index contributed by atoms with van der Waals surface area (Å²) >= 11 is 0. The number of nitrogens with one attached hydrogen (secondary N) is 2. The van der Waals surface area contributed by atoms with Gasteiger partial charge in [0.25, 0.3) is 0 Å². The summed E-state index contributed by atoms with van der Waals surface area (Å²) in [4.78, 5) is 52.1. The van der Waals surface area contributed by atoms with E-state index in [0.717, 1.165) is 22.3 Å². The maximum atomic E-state index is 13.5. The number of carbonyl (C=O) groups excluding carboxylic acids is 4. The van der Waals surface area contributed by atoms with Crippen LogP contribution in [0.5, 0.6) is 0 Å². The van der Waals surface area contributed by atoms with E-state index >= 15 is 0 Å². The summed E-state index contributed by atoms with van der Waals surface area (Å²) < 4.78 is 16.9. The molecule has 2 amide bonds. The van der Waals surface area contributed by atoms with Gasteiger partial charge in [-0.2, -0.15) is 0 Å². The lowest BCUT2D eigenvalue weighted by Gasteiger charge is -2.24. The van der Waals surface area contributed by atoms with Crippen molar-refractivity contribution < 1.29 is 33.4 Å². The number of hydrogen-bond donors (Lipinski definition) is 2. The first-order valence-corrected chi connectivity index (χ1v) is 16.1. The van der Waals surface area contributed by atoms with Crippen LogP contribution in [0.2, 0.25) is 0 Å². The van der Waals surface area contributed by atoms with Crippen molar-refractivity contribution in [2.45, 2.75) is 63.7 Å². The predicted octanol–water partition coefficient (Wildman–Crippen LogP) is 6.79. The fourth-order valence-electron chi connectivity index (χ4n) is 5.69. The number of esters is 2. The molecule has 4 rings (SSSR count). The van der Waals surface area contributed by atoms with Crippen molar-refractivity contribution in [1.29, 1.82) is 0 Å². The highest BCUT2D eigenvalue weighted by molar-refractivity contribution is 5.84. The fraction of sp³-hybridized carbons (Fsp3) is 0.333. The van der Waals surface area contributed by atoms with E-state index in [-0.39, 0.29) is 38.3 Å². The lowest BCUT2D eigenvalue weighted by atomic mass is 9.98. The molecule has 0 heterocycles. The van der Waals surface area contributed by atoms with Crippen molar-refractivity contribution in [3.63, 3.8) is 0 Å². The topological polar surface area (TPSA) is 120 Å². The molecular formula is C39H44N2O7. The quantitative estimate of drug-likeness (QED) is 0.105. The number of hydrogen-bond acceptors (Lipinski definition) is 7. The number of fused-ring (bicyclic) bond motifs is 3. The number of allylic oxidation sites excluding steroid dienone is 1. The highest BCUT2D eigenvalue weighted by atomic mass is 16.6. The van der Waals surface area contributed by atoms with Gasteiger partial charge in [-0.05, 0) is 61.4 Å². The molecule has 0 spiro atoms. The van der Waals surface area contributed by atoms with Gasteiger partial charge in [-0.15, -0.1) is 13.2 Å². The molecule has 2 N–H and O–H groups in total. The number of amides is 2. The molecule has 0 bridgehead atoms. The molecule has 1 unspecified atom stereocenters. The summed E-state index contributed by atoms with van der Waals surface area (Å²) in [6.07, 6.45) is 1.64. The molecule has 0 saturated heterocycles. The third-order valence-electron chi connectivity index (χ3n) is 7.87. The molecule has 48 heavy (non-hydrogen) atoms. The smallest absolute Gasteiger partial charge is 0.407 e. The zero-order valence-corrected chi connectivity index (χ0v) is 27.8. The van der Waals surface area contributed by atoms with Gasteiger partial charge < -0.3 is 24.8 Å². The Morgan fingerprint density at radius 3 is 2.00 bits per heavy atom. The second-order valence-electron chi connectivity index (χ2n) is 12.6. The Hall–Kier alpha value is -5.18. The van der Waals surface area contributed by atoms with Crippen molar-refractivity contribution in [3.05, 3.63) is 121 Å². The normalized spacial score (nSPS) is 13.9. The molecule has 1 aliphatic carbocycles. The van der Waals surface area contributed by atoms with Crippen molar-refractivity contribution >= 4 is 23.9 Å². The van der Waals surface area contributed by atoms with Gasteiger partial charge in [0, 0.05) is 5.92 Å². The zero-order valence-electron chi connectivity index (χ0n) is 27.8. The van der Waals surface area contributed by atoms with E-state index in [0.29, 0.717) is 5.56 Å². The Morgan fingerprint density at radius 1 is 0.833 bits per heavy atom. The average Bonchev–Trinajstić information content (AvgIpc) is 3.38.